The highest BCUT2D eigenvalue weighted by Crippen LogP contribution is 2.61. The molecule has 326 valence electrons. The lowest BCUT2D eigenvalue weighted by molar-refractivity contribution is -0.274. The maximum absolute atomic E-state index is 13.1. The maximum Gasteiger partial charge on any atom is 0.573 e. The van der Waals surface area contributed by atoms with Gasteiger partial charge < -0.3 is 9.64 Å². The van der Waals surface area contributed by atoms with Crippen molar-refractivity contribution < 1.29 is 17.9 Å². The minimum absolute atomic E-state index is 0.259. The summed E-state index contributed by atoms with van der Waals surface area (Å²) in [6.45, 7) is 0. The van der Waals surface area contributed by atoms with Crippen LogP contribution >= 0.6 is 0 Å². The lowest BCUT2D eigenvalue weighted by atomic mass is 9.67. The Kier molecular flexibility index (Phi) is 9.77. The number of nitrogens with zero attached hydrogens (tertiary/aromatic N) is 1. The molecule has 0 bridgehead atoms. The van der Waals surface area contributed by atoms with Gasteiger partial charge in [0.15, 0.2) is 0 Å². The van der Waals surface area contributed by atoms with Crippen molar-refractivity contribution >= 4 is 17.1 Å². The summed E-state index contributed by atoms with van der Waals surface area (Å²) in [6, 6.07) is 88.9. The molecule has 0 aliphatic heterocycles. The molecule has 2 aliphatic rings. The summed E-state index contributed by atoms with van der Waals surface area (Å²) in [5, 5.41) is 0. The molecule has 68 heavy (non-hydrogen) atoms. The molecule has 5 heteroatoms. The molecule has 0 radical (unpaired) electrons. The van der Waals surface area contributed by atoms with Crippen LogP contribution in [0.15, 0.2) is 255 Å². The lowest BCUT2D eigenvalue weighted by Crippen LogP contribution is -2.29. The van der Waals surface area contributed by atoms with Crippen LogP contribution in [-0.2, 0) is 10.8 Å². The topological polar surface area (TPSA) is 12.5 Å². The Morgan fingerprint density at radius 3 is 1.28 bits per heavy atom. The Balaban J connectivity index is 1.12. The van der Waals surface area contributed by atoms with Crippen LogP contribution in [0.3, 0.4) is 0 Å². The van der Waals surface area contributed by atoms with Gasteiger partial charge >= 0.3 is 6.36 Å². The number of hydrogen-bond acceptors (Lipinski definition) is 2. The summed E-state index contributed by atoms with van der Waals surface area (Å²) in [5.74, 6) is -0.259. The van der Waals surface area contributed by atoms with Gasteiger partial charge in [0.1, 0.15) is 5.75 Å². The first kappa shape index (κ1) is 41.1. The van der Waals surface area contributed by atoms with E-state index in [0.29, 0.717) is 0 Å². The van der Waals surface area contributed by atoms with E-state index < -0.39 is 17.2 Å². The molecule has 10 aromatic rings. The van der Waals surface area contributed by atoms with E-state index in [4.69, 9.17) is 0 Å². The number of rotatable bonds is 9. The van der Waals surface area contributed by atoms with Crippen LogP contribution in [0.4, 0.5) is 30.2 Å². The predicted molar refractivity (Wildman–Crippen MR) is 268 cm³/mol. The second kappa shape index (κ2) is 16.2. The molecule has 0 amide bonds. The molecular weight excluding hydrogens is 844 g/mol. The fraction of sp³-hybridized carbons (Fsp3) is 0.0476. The van der Waals surface area contributed by atoms with Crippen molar-refractivity contribution in [3.8, 4) is 39.1 Å². The third-order valence-corrected chi connectivity index (χ3v) is 13.9. The summed E-state index contributed by atoms with van der Waals surface area (Å²) >= 11 is 0. The van der Waals surface area contributed by atoms with E-state index in [0.717, 1.165) is 39.3 Å². The zero-order chi connectivity index (χ0) is 45.9. The van der Waals surface area contributed by atoms with E-state index in [9.17, 15) is 13.2 Å². The van der Waals surface area contributed by atoms with Crippen molar-refractivity contribution in [2.24, 2.45) is 0 Å². The van der Waals surface area contributed by atoms with E-state index in [1.165, 1.54) is 67.8 Å². The predicted octanol–water partition coefficient (Wildman–Crippen LogP) is 16.4. The number of benzene rings is 10. The van der Waals surface area contributed by atoms with Crippen LogP contribution in [0, 0.1) is 0 Å². The zero-order valence-electron chi connectivity index (χ0n) is 36.7. The second-order valence-electron chi connectivity index (χ2n) is 17.4. The van der Waals surface area contributed by atoms with Crippen molar-refractivity contribution in [3.05, 3.63) is 299 Å². The van der Waals surface area contributed by atoms with Gasteiger partial charge in [0.05, 0.1) is 16.5 Å². The highest BCUT2D eigenvalue weighted by atomic mass is 19.4. The summed E-state index contributed by atoms with van der Waals surface area (Å²) in [7, 11) is 0. The van der Waals surface area contributed by atoms with Gasteiger partial charge in [-0.15, -0.1) is 13.2 Å². The normalized spacial score (nSPS) is 13.8. The van der Waals surface area contributed by atoms with Crippen LogP contribution in [0.5, 0.6) is 5.75 Å². The van der Waals surface area contributed by atoms with Gasteiger partial charge in [0.25, 0.3) is 0 Å². The van der Waals surface area contributed by atoms with Crippen LogP contribution < -0.4 is 9.64 Å². The molecule has 0 saturated carbocycles. The summed E-state index contributed by atoms with van der Waals surface area (Å²) < 4.78 is 43.4. The van der Waals surface area contributed by atoms with Crippen molar-refractivity contribution in [3.63, 3.8) is 0 Å². The molecule has 10 aromatic carbocycles. The van der Waals surface area contributed by atoms with Crippen molar-refractivity contribution in [2.75, 3.05) is 4.90 Å². The average molecular weight is 886 g/mol. The van der Waals surface area contributed by atoms with Gasteiger partial charge in [0.2, 0.25) is 0 Å². The van der Waals surface area contributed by atoms with Crippen LogP contribution in [0.2, 0.25) is 0 Å². The molecule has 0 spiro atoms. The third-order valence-electron chi connectivity index (χ3n) is 13.9. The molecule has 0 N–H and O–H groups in total. The highest BCUT2D eigenvalue weighted by molar-refractivity contribution is 5.98. The monoisotopic (exact) mass is 885 g/mol. The first-order valence-corrected chi connectivity index (χ1v) is 22.8. The number of alkyl halides is 3. The van der Waals surface area contributed by atoms with Crippen molar-refractivity contribution in [1.82, 2.24) is 0 Å². The number of hydrogen-bond donors (Lipinski definition) is 0. The number of halogens is 3. The average Bonchev–Trinajstić information content (AvgIpc) is 3.86. The van der Waals surface area contributed by atoms with E-state index in [2.05, 4.69) is 228 Å². The van der Waals surface area contributed by atoms with E-state index in [1.54, 1.807) is 12.1 Å². The second-order valence-corrected chi connectivity index (χ2v) is 17.4. The van der Waals surface area contributed by atoms with Gasteiger partial charge in [-0.1, -0.05) is 212 Å². The zero-order valence-corrected chi connectivity index (χ0v) is 36.7. The van der Waals surface area contributed by atoms with Gasteiger partial charge in [-0.25, -0.2) is 0 Å². The largest absolute Gasteiger partial charge is 0.573 e. The van der Waals surface area contributed by atoms with Crippen molar-refractivity contribution in [2.45, 2.75) is 17.2 Å². The Bertz CT molecular complexity index is 3360. The van der Waals surface area contributed by atoms with E-state index in [1.807, 2.05) is 12.1 Å². The first-order chi connectivity index (χ1) is 33.4. The molecular formula is C63H42F3NO. The fourth-order valence-corrected chi connectivity index (χ4v) is 11.3. The smallest absolute Gasteiger partial charge is 0.406 e. The van der Waals surface area contributed by atoms with E-state index in [-0.39, 0.29) is 5.75 Å². The standard InChI is InChI=1S/C63H42F3NO/c64-63(65,66)68-51-39-34-44(35-40-51)43-32-36-49(37-33-43)67(50-38-41-53-52-26-13-15-28-55(52)62(58(53)42-50,47-22-9-3-10-23-47)48-24-11-4-12-25-48)59-31-17-30-57-60(59)54-27-14-16-29-56(54)61(57,45-18-5-1-6-19-45)46-20-7-2-8-21-46/h1-42H. The summed E-state index contributed by atoms with van der Waals surface area (Å²) in [6.07, 6.45) is -4.77. The molecule has 2 aliphatic carbocycles. The Morgan fingerprint density at radius 2 is 0.750 bits per heavy atom. The SMILES string of the molecule is FC(F)(F)Oc1ccc(-c2ccc(N(c3ccc4c(c3)C(c3ccccc3)(c3ccccc3)c3ccccc3-4)c3cccc4c3-c3ccccc3C4(c3ccccc3)c3ccccc3)cc2)cc1. The molecule has 12 rings (SSSR count). The van der Waals surface area contributed by atoms with Crippen molar-refractivity contribution in [1.29, 1.82) is 0 Å². The van der Waals surface area contributed by atoms with Crippen LogP contribution in [0.1, 0.15) is 44.5 Å². The van der Waals surface area contributed by atoms with Gasteiger partial charge in [0, 0.05) is 16.9 Å². The molecule has 0 heterocycles. The molecule has 0 unspecified atom stereocenters. The minimum atomic E-state index is -4.77. The van der Waals surface area contributed by atoms with Gasteiger partial charge in [-0.05, 0) is 115 Å². The quantitative estimate of drug-likeness (QED) is 0.143. The van der Waals surface area contributed by atoms with E-state index >= 15 is 0 Å². The van der Waals surface area contributed by atoms with Crippen LogP contribution in [-0.4, -0.2) is 6.36 Å². The summed E-state index contributed by atoms with van der Waals surface area (Å²) in [5.41, 5.74) is 17.6. The fourth-order valence-electron chi connectivity index (χ4n) is 11.3. The van der Waals surface area contributed by atoms with Gasteiger partial charge in [-0.3, -0.25) is 0 Å². The Hall–Kier alpha value is -8.41. The minimum Gasteiger partial charge on any atom is -0.406 e. The number of anilines is 3. The Labute approximate surface area is 393 Å². The summed E-state index contributed by atoms with van der Waals surface area (Å²) in [4.78, 5) is 2.38. The molecule has 0 atom stereocenters. The molecule has 2 nitrogen and oxygen atoms in total. The Morgan fingerprint density at radius 1 is 0.338 bits per heavy atom. The lowest BCUT2D eigenvalue weighted by Gasteiger charge is -2.35. The molecule has 0 fully saturated rings. The van der Waals surface area contributed by atoms with Gasteiger partial charge in [-0.2, -0.15) is 0 Å². The first-order valence-electron chi connectivity index (χ1n) is 22.8. The number of ether oxygens (including phenoxy) is 1. The molecule has 0 aromatic heterocycles. The number of fused-ring (bicyclic) bond motifs is 6. The maximum atomic E-state index is 13.1. The van der Waals surface area contributed by atoms with Crippen LogP contribution in [0.25, 0.3) is 33.4 Å². The third kappa shape index (κ3) is 6.41. The molecule has 0 saturated heterocycles. The highest BCUT2D eigenvalue weighted by Gasteiger charge is 2.49.